The minimum Gasteiger partial charge on any atom is -0.232 e. The van der Waals surface area contributed by atoms with Crippen LogP contribution in [-0.2, 0) is 9.78 Å². The Balaban J connectivity index is 2.09. The standard InChI is InChI=1S/C6H8Br2O2/c7-3-1-4(8)6-2-5(3)9-10-6/h3-6H,1-2H2. The molecule has 2 bridgehead atoms. The molecule has 0 radical (unpaired) electrons. The monoisotopic (exact) mass is 270 g/mol. The van der Waals surface area contributed by atoms with Gasteiger partial charge in [-0.25, -0.2) is 9.78 Å². The summed E-state index contributed by atoms with van der Waals surface area (Å²) >= 11 is 7.09. The van der Waals surface area contributed by atoms with Gasteiger partial charge in [0.05, 0.1) is 0 Å². The quantitative estimate of drug-likeness (QED) is 0.496. The number of alkyl halides is 2. The second-order valence-electron chi connectivity index (χ2n) is 2.77. The van der Waals surface area contributed by atoms with Gasteiger partial charge >= 0.3 is 0 Å². The summed E-state index contributed by atoms with van der Waals surface area (Å²) in [5, 5.41) is 0. The molecule has 4 unspecified atom stereocenters. The Morgan fingerprint density at radius 2 is 1.40 bits per heavy atom. The van der Waals surface area contributed by atoms with Gasteiger partial charge in [0.2, 0.25) is 0 Å². The predicted molar refractivity (Wildman–Crippen MR) is 44.4 cm³/mol. The van der Waals surface area contributed by atoms with E-state index in [0.29, 0.717) is 9.65 Å². The van der Waals surface area contributed by atoms with E-state index in [4.69, 9.17) is 9.78 Å². The molecule has 10 heavy (non-hydrogen) atoms. The summed E-state index contributed by atoms with van der Waals surface area (Å²) < 4.78 is 0. The molecule has 2 rings (SSSR count). The first kappa shape index (κ1) is 7.53. The lowest BCUT2D eigenvalue weighted by atomic mass is 9.96. The van der Waals surface area contributed by atoms with Crippen LogP contribution in [0.2, 0.25) is 0 Å². The van der Waals surface area contributed by atoms with Gasteiger partial charge in [0.25, 0.3) is 0 Å². The topological polar surface area (TPSA) is 18.5 Å². The van der Waals surface area contributed by atoms with Gasteiger partial charge in [0.15, 0.2) is 0 Å². The van der Waals surface area contributed by atoms with Crippen molar-refractivity contribution < 1.29 is 9.78 Å². The Morgan fingerprint density at radius 3 is 1.90 bits per heavy atom. The Hall–Kier alpha value is 0.880. The van der Waals surface area contributed by atoms with Crippen molar-refractivity contribution in [3.8, 4) is 0 Å². The molecule has 0 aromatic rings. The van der Waals surface area contributed by atoms with Gasteiger partial charge in [-0.15, -0.1) is 0 Å². The molecule has 0 spiro atoms. The molecule has 2 aliphatic rings. The summed E-state index contributed by atoms with van der Waals surface area (Å²) in [5.41, 5.74) is 0. The van der Waals surface area contributed by atoms with Crippen LogP contribution in [0.15, 0.2) is 0 Å². The van der Waals surface area contributed by atoms with Gasteiger partial charge in [-0.3, -0.25) is 0 Å². The number of halogens is 2. The van der Waals surface area contributed by atoms with E-state index < -0.39 is 0 Å². The van der Waals surface area contributed by atoms with Crippen molar-refractivity contribution in [1.29, 1.82) is 0 Å². The third kappa shape index (κ3) is 1.15. The number of fused-ring (bicyclic) bond motifs is 2. The fraction of sp³-hybridized carbons (Fsp3) is 1.00. The molecule has 58 valence electrons. The highest BCUT2D eigenvalue weighted by Crippen LogP contribution is 2.38. The summed E-state index contributed by atoms with van der Waals surface area (Å²) in [6.07, 6.45) is 2.67. The maximum atomic E-state index is 5.08. The van der Waals surface area contributed by atoms with Crippen LogP contribution in [0, 0.1) is 0 Å². The summed E-state index contributed by atoms with van der Waals surface area (Å²) in [4.78, 5) is 11.1. The molecule has 0 N–H and O–H groups in total. The first-order valence-electron chi connectivity index (χ1n) is 3.37. The molecule has 2 fully saturated rings. The smallest absolute Gasteiger partial charge is 0.108 e. The van der Waals surface area contributed by atoms with Crippen LogP contribution < -0.4 is 0 Å². The lowest BCUT2D eigenvalue weighted by Gasteiger charge is -2.23. The van der Waals surface area contributed by atoms with Crippen LogP contribution in [0.25, 0.3) is 0 Å². The Morgan fingerprint density at radius 1 is 0.900 bits per heavy atom. The van der Waals surface area contributed by atoms with Crippen molar-refractivity contribution >= 4 is 31.9 Å². The molecule has 2 nitrogen and oxygen atoms in total. The fourth-order valence-electron chi connectivity index (χ4n) is 1.38. The second kappa shape index (κ2) is 2.73. The molecule has 4 heteroatoms. The zero-order valence-corrected chi connectivity index (χ0v) is 8.47. The van der Waals surface area contributed by atoms with E-state index in [1.807, 2.05) is 0 Å². The Kier molecular flexibility index (Phi) is 2.06. The highest BCUT2D eigenvalue weighted by atomic mass is 79.9. The van der Waals surface area contributed by atoms with Gasteiger partial charge in [-0.2, -0.15) is 0 Å². The third-order valence-electron chi connectivity index (χ3n) is 2.02. The molecule has 1 saturated heterocycles. The molecule has 4 atom stereocenters. The van der Waals surface area contributed by atoms with E-state index >= 15 is 0 Å². The van der Waals surface area contributed by atoms with Crippen molar-refractivity contribution in [3.63, 3.8) is 0 Å². The van der Waals surface area contributed by atoms with E-state index in [1.165, 1.54) is 0 Å². The Bertz CT molecular complexity index is 128. The summed E-state index contributed by atoms with van der Waals surface area (Å²) in [5.74, 6) is 0. The first-order valence-corrected chi connectivity index (χ1v) is 5.21. The second-order valence-corrected chi connectivity index (χ2v) is 5.13. The van der Waals surface area contributed by atoms with E-state index in [9.17, 15) is 0 Å². The number of hydrogen-bond donors (Lipinski definition) is 0. The SMILES string of the molecule is BrC1CC(Br)C2CC1OO2. The molecule has 1 saturated carbocycles. The van der Waals surface area contributed by atoms with Gasteiger partial charge < -0.3 is 0 Å². The number of hydrogen-bond acceptors (Lipinski definition) is 2. The van der Waals surface area contributed by atoms with Gasteiger partial charge in [-0.05, 0) is 6.42 Å². The van der Waals surface area contributed by atoms with Crippen LogP contribution in [0.5, 0.6) is 0 Å². The summed E-state index contributed by atoms with van der Waals surface area (Å²) in [6.45, 7) is 0. The van der Waals surface area contributed by atoms with Crippen molar-refractivity contribution in [2.24, 2.45) is 0 Å². The van der Waals surface area contributed by atoms with Gasteiger partial charge in [0.1, 0.15) is 12.2 Å². The van der Waals surface area contributed by atoms with Crippen LogP contribution >= 0.6 is 31.9 Å². The predicted octanol–water partition coefficient (Wildman–Crippen LogP) is 2.01. The largest absolute Gasteiger partial charge is 0.232 e. The average molecular weight is 272 g/mol. The van der Waals surface area contributed by atoms with Crippen LogP contribution in [0.3, 0.4) is 0 Å². The van der Waals surface area contributed by atoms with Crippen LogP contribution in [-0.4, -0.2) is 21.9 Å². The van der Waals surface area contributed by atoms with E-state index in [0.717, 1.165) is 12.8 Å². The van der Waals surface area contributed by atoms with Gasteiger partial charge in [0, 0.05) is 16.1 Å². The van der Waals surface area contributed by atoms with E-state index in [2.05, 4.69) is 31.9 Å². The highest BCUT2D eigenvalue weighted by Gasteiger charge is 2.42. The van der Waals surface area contributed by atoms with Gasteiger partial charge in [-0.1, -0.05) is 31.9 Å². The zero-order chi connectivity index (χ0) is 7.14. The number of rotatable bonds is 0. The maximum absolute atomic E-state index is 5.08. The Labute approximate surface area is 76.4 Å². The molecule has 1 aliphatic heterocycles. The molecular formula is C6H8Br2O2. The van der Waals surface area contributed by atoms with Crippen LogP contribution in [0.1, 0.15) is 12.8 Å². The molecule has 0 aromatic heterocycles. The molecule has 1 aliphatic carbocycles. The first-order chi connectivity index (χ1) is 4.77. The van der Waals surface area contributed by atoms with Crippen molar-refractivity contribution in [2.75, 3.05) is 0 Å². The average Bonchev–Trinajstić information content (AvgIpc) is 2.28. The van der Waals surface area contributed by atoms with E-state index in [-0.39, 0.29) is 12.2 Å². The highest BCUT2D eigenvalue weighted by molar-refractivity contribution is 9.10. The summed E-state index contributed by atoms with van der Waals surface area (Å²) in [7, 11) is 0. The molecule has 1 heterocycles. The van der Waals surface area contributed by atoms with Crippen molar-refractivity contribution in [3.05, 3.63) is 0 Å². The molecule has 0 aromatic carbocycles. The minimum absolute atomic E-state index is 0.277. The maximum Gasteiger partial charge on any atom is 0.108 e. The molecule has 0 amide bonds. The normalized spacial score (nSPS) is 53.4. The fourth-order valence-corrected chi connectivity index (χ4v) is 3.30. The minimum atomic E-state index is 0.277. The van der Waals surface area contributed by atoms with Crippen molar-refractivity contribution in [1.82, 2.24) is 0 Å². The van der Waals surface area contributed by atoms with Crippen molar-refractivity contribution in [2.45, 2.75) is 34.7 Å². The third-order valence-corrected chi connectivity index (χ3v) is 3.95. The lowest BCUT2D eigenvalue weighted by Crippen LogP contribution is -2.32. The zero-order valence-electron chi connectivity index (χ0n) is 5.30. The molecular weight excluding hydrogens is 264 g/mol. The summed E-state index contributed by atoms with van der Waals surface area (Å²) in [6, 6.07) is 0. The lowest BCUT2D eigenvalue weighted by molar-refractivity contribution is -0.288. The van der Waals surface area contributed by atoms with Crippen LogP contribution in [0.4, 0.5) is 0 Å². The van der Waals surface area contributed by atoms with E-state index in [1.54, 1.807) is 0 Å².